The van der Waals surface area contributed by atoms with E-state index in [0.29, 0.717) is 11.9 Å². The first kappa shape index (κ1) is 20.0. The Bertz CT molecular complexity index is 587. The van der Waals surface area contributed by atoms with Gasteiger partial charge in [-0.25, -0.2) is 0 Å². The number of piperidine rings is 2. The first-order valence-electron chi connectivity index (χ1n) is 11.6. The van der Waals surface area contributed by atoms with Crippen LogP contribution >= 0.6 is 0 Å². The van der Waals surface area contributed by atoms with E-state index in [0.717, 1.165) is 57.2 Å². The van der Waals surface area contributed by atoms with E-state index in [1.54, 1.807) is 6.26 Å². The lowest BCUT2D eigenvalue weighted by Gasteiger charge is -2.39. The molecule has 1 atom stereocenters. The van der Waals surface area contributed by atoms with Crippen LogP contribution in [0.15, 0.2) is 22.8 Å². The fourth-order valence-electron chi connectivity index (χ4n) is 5.37. The molecule has 156 valence electrons. The van der Waals surface area contributed by atoms with Gasteiger partial charge in [-0.1, -0.05) is 25.7 Å². The lowest BCUT2D eigenvalue weighted by atomic mass is 9.94. The fraction of sp³-hybridized carbons (Fsp3) is 0.783. The van der Waals surface area contributed by atoms with Crippen LogP contribution in [0.2, 0.25) is 0 Å². The molecule has 0 aromatic carbocycles. The largest absolute Gasteiger partial charge is 0.468 e. The minimum Gasteiger partial charge on any atom is -0.468 e. The van der Waals surface area contributed by atoms with Gasteiger partial charge in [-0.15, -0.1) is 0 Å². The van der Waals surface area contributed by atoms with Crippen LogP contribution in [0, 0.1) is 5.92 Å². The molecule has 0 spiro atoms. The highest BCUT2D eigenvalue weighted by molar-refractivity contribution is 5.79. The predicted octanol–water partition coefficient (Wildman–Crippen LogP) is 3.80. The second-order valence-electron chi connectivity index (χ2n) is 9.12. The molecular formula is C23H37N3O2. The highest BCUT2D eigenvalue weighted by Gasteiger charge is 2.30. The topological polar surface area (TPSA) is 48.7 Å². The second-order valence-corrected chi connectivity index (χ2v) is 9.12. The average Bonchev–Trinajstić information content (AvgIpc) is 3.08. The number of amides is 1. The summed E-state index contributed by atoms with van der Waals surface area (Å²) in [4.78, 5) is 17.9. The zero-order valence-electron chi connectivity index (χ0n) is 17.3. The molecule has 4 rings (SSSR count). The van der Waals surface area contributed by atoms with Crippen molar-refractivity contribution >= 4 is 5.91 Å². The van der Waals surface area contributed by atoms with Gasteiger partial charge < -0.3 is 9.73 Å². The Hall–Kier alpha value is -1.33. The third kappa shape index (κ3) is 5.38. The van der Waals surface area contributed by atoms with Crippen molar-refractivity contribution in [1.82, 2.24) is 15.1 Å². The van der Waals surface area contributed by atoms with Crippen LogP contribution in [0.3, 0.4) is 0 Å². The van der Waals surface area contributed by atoms with Gasteiger partial charge in [0.1, 0.15) is 5.76 Å². The molecule has 2 saturated heterocycles. The molecule has 5 nitrogen and oxygen atoms in total. The Morgan fingerprint density at radius 1 is 1.00 bits per heavy atom. The first-order chi connectivity index (χ1) is 13.8. The lowest BCUT2D eigenvalue weighted by Crippen LogP contribution is -2.52. The molecule has 3 aliphatic rings. The van der Waals surface area contributed by atoms with E-state index < -0.39 is 0 Å². The second kappa shape index (κ2) is 9.93. The van der Waals surface area contributed by atoms with Crippen molar-refractivity contribution in [3.8, 4) is 0 Å². The molecule has 1 aromatic heterocycles. The molecule has 1 aromatic rings. The maximum atomic E-state index is 12.9. The summed E-state index contributed by atoms with van der Waals surface area (Å²) in [6.07, 6.45) is 14.3. The van der Waals surface area contributed by atoms with Crippen LogP contribution in [-0.2, 0) is 11.3 Å². The Labute approximate surface area is 169 Å². The molecule has 5 heteroatoms. The van der Waals surface area contributed by atoms with Crippen molar-refractivity contribution < 1.29 is 9.21 Å². The van der Waals surface area contributed by atoms with Crippen LogP contribution in [0.5, 0.6) is 0 Å². The number of hydrogen-bond acceptors (Lipinski definition) is 4. The molecule has 2 aliphatic heterocycles. The molecule has 3 fully saturated rings. The van der Waals surface area contributed by atoms with Crippen molar-refractivity contribution in [3.05, 3.63) is 24.2 Å². The maximum absolute atomic E-state index is 12.9. The van der Waals surface area contributed by atoms with Crippen LogP contribution in [0.4, 0.5) is 0 Å². The van der Waals surface area contributed by atoms with E-state index in [1.807, 2.05) is 12.1 Å². The molecule has 1 amide bonds. The third-order valence-electron chi connectivity index (χ3n) is 7.06. The number of nitrogens with zero attached hydrogens (tertiary/aromatic N) is 2. The van der Waals surface area contributed by atoms with Crippen LogP contribution in [0.1, 0.15) is 70.0 Å². The van der Waals surface area contributed by atoms with Gasteiger partial charge in [0.25, 0.3) is 0 Å². The summed E-state index contributed by atoms with van der Waals surface area (Å²) >= 11 is 0. The van der Waals surface area contributed by atoms with Gasteiger partial charge in [0.05, 0.1) is 12.8 Å². The standard InChI is InChI=1S/C23H37N3O2/c27-23(19-11-14-25(15-12-19)18-22-10-6-16-28-22)24-20-7-5-13-26(17-20)21-8-3-1-2-4-9-21/h6,10,16,19-21H,1-5,7-9,11-15,17-18H2,(H,24,27). The van der Waals surface area contributed by atoms with Crippen molar-refractivity contribution in [3.63, 3.8) is 0 Å². The Morgan fingerprint density at radius 3 is 2.50 bits per heavy atom. The van der Waals surface area contributed by atoms with E-state index in [-0.39, 0.29) is 5.92 Å². The van der Waals surface area contributed by atoms with E-state index in [1.165, 1.54) is 51.5 Å². The SMILES string of the molecule is O=C(NC1CCCN(C2CCCCCC2)C1)C1CCN(Cc2ccco2)CC1. The van der Waals surface area contributed by atoms with Gasteiger partial charge in [-0.05, 0) is 70.3 Å². The van der Waals surface area contributed by atoms with E-state index in [4.69, 9.17) is 4.42 Å². The Morgan fingerprint density at radius 2 is 1.79 bits per heavy atom. The molecular weight excluding hydrogens is 350 g/mol. The summed E-state index contributed by atoms with van der Waals surface area (Å²) in [5.74, 6) is 1.50. The van der Waals surface area contributed by atoms with Crippen LogP contribution in [-0.4, -0.2) is 54.0 Å². The first-order valence-corrected chi connectivity index (χ1v) is 11.6. The molecule has 1 aliphatic carbocycles. The normalized spacial score (nSPS) is 26.8. The summed E-state index contributed by atoms with van der Waals surface area (Å²) in [7, 11) is 0. The minimum absolute atomic E-state index is 0.182. The van der Waals surface area contributed by atoms with Gasteiger partial charge >= 0.3 is 0 Å². The smallest absolute Gasteiger partial charge is 0.223 e. The molecule has 1 N–H and O–H groups in total. The van der Waals surface area contributed by atoms with Crippen molar-refractivity contribution in [2.75, 3.05) is 26.2 Å². The van der Waals surface area contributed by atoms with Gasteiger partial charge in [-0.3, -0.25) is 14.6 Å². The van der Waals surface area contributed by atoms with Gasteiger partial charge in [-0.2, -0.15) is 0 Å². The van der Waals surface area contributed by atoms with Crippen molar-refractivity contribution in [2.24, 2.45) is 5.92 Å². The lowest BCUT2D eigenvalue weighted by molar-refractivity contribution is -0.127. The quantitative estimate of drug-likeness (QED) is 0.781. The number of rotatable bonds is 5. The zero-order chi connectivity index (χ0) is 19.2. The number of carbonyl (C=O) groups is 1. The van der Waals surface area contributed by atoms with Gasteiger partial charge in [0.15, 0.2) is 0 Å². The Balaban J connectivity index is 1.21. The van der Waals surface area contributed by atoms with Crippen molar-refractivity contribution in [2.45, 2.75) is 82.8 Å². The van der Waals surface area contributed by atoms with Crippen LogP contribution < -0.4 is 5.32 Å². The predicted molar refractivity (Wildman–Crippen MR) is 111 cm³/mol. The summed E-state index contributed by atoms with van der Waals surface area (Å²) in [6, 6.07) is 5.08. The number of carbonyl (C=O) groups excluding carboxylic acids is 1. The molecule has 1 saturated carbocycles. The minimum atomic E-state index is 0.182. The number of hydrogen-bond donors (Lipinski definition) is 1. The van der Waals surface area contributed by atoms with Gasteiger partial charge in [0.2, 0.25) is 5.91 Å². The van der Waals surface area contributed by atoms with E-state index in [9.17, 15) is 4.79 Å². The summed E-state index contributed by atoms with van der Waals surface area (Å²) in [6.45, 7) is 5.12. The summed E-state index contributed by atoms with van der Waals surface area (Å²) in [5, 5.41) is 3.42. The highest BCUT2D eigenvalue weighted by Crippen LogP contribution is 2.25. The maximum Gasteiger partial charge on any atom is 0.223 e. The van der Waals surface area contributed by atoms with E-state index >= 15 is 0 Å². The molecule has 28 heavy (non-hydrogen) atoms. The highest BCUT2D eigenvalue weighted by atomic mass is 16.3. The number of likely N-dealkylation sites (tertiary alicyclic amines) is 2. The Kier molecular flexibility index (Phi) is 7.08. The monoisotopic (exact) mass is 387 g/mol. The van der Waals surface area contributed by atoms with Gasteiger partial charge in [0, 0.05) is 24.5 Å². The number of furan rings is 1. The third-order valence-corrected chi connectivity index (χ3v) is 7.06. The average molecular weight is 388 g/mol. The zero-order valence-corrected chi connectivity index (χ0v) is 17.3. The van der Waals surface area contributed by atoms with E-state index in [2.05, 4.69) is 15.1 Å². The fourth-order valence-corrected chi connectivity index (χ4v) is 5.37. The van der Waals surface area contributed by atoms with Crippen LogP contribution in [0.25, 0.3) is 0 Å². The molecule has 0 bridgehead atoms. The molecule has 0 radical (unpaired) electrons. The summed E-state index contributed by atoms with van der Waals surface area (Å²) < 4.78 is 5.45. The number of nitrogens with one attached hydrogen (secondary N) is 1. The summed E-state index contributed by atoms with van der Waals surface area (Å²) in [5.41, 5.74) is 0. The van der Waals surface area contributed by atoms with Crippen molar-refractivity contribution in [1.29, 1.82) is 0 Å². The molecule has 1 unspecified atom stereocenters. The molecule has 3 heterocycles.